The van der Waals surface area contributed by atoms with Crippen molar-refractivity contribution >= 4 is 0 Å². The normalized spacial score (nSPS) is 21.7. The third-order valence-electron chi connectivity index (χ3n) is 4.04. The second-order valence-electron chi connectivity index (χ2n) is 5.25. The van der Waals surface area contributed by atoms with Gasteiger partial charge in [-0.25, -0.2) is 0 Å². The molecule has 0 N–H and O–H groups in total. The van der Waals surface area contributed by atoms with Gasteiger partial charge in [0.1, 0.15) is 11.5 Å². The van der Waals surface area contributed by atoms with Crippen LogP contribution in [0.15, 0.2) is 42.5 Å². The summed E-state index contributed by atoms with van der Waals surface area (Å²) in [4.78, 5) is 0. The maximum absolute atomic E-state index is 5.58. The molecule has 0 aromatic heterocycles. The van der Waals surface area contributed by atoms with Gasteiger partial charge in [-0.15, -0.1) is 0 Å². The summed E-state index contributed by atoms with van der Waals surface area (Å²) < 4.78 is 10.9. The zero-order valence-corrected chi connectivity index (χ0v) is 12.1. The number of methoxy groups -OCH3 is 2. The molecule has 1 unspecified atom stereocenters. The third kappa shape index (κ3) is 2.40. The predicted octanol–water partition coefficient (Wildman–Crippen LogP) is 4.11. The molecule has 0 saturated heterocycles. The standard InChI is InChI=1S/C17H22O2/c1-13(2)17(10-6-5-7-11-17)15-9-8-14(18-3)12-16(15)19-4/h5-10,12-13H,11H2,1-4H3. The molecule has 102 valence electrons. The van der Waals surface area contributed by atoms with Crippen molar-refractivity contribution in [1.29, 1.82) is 0 Å². The number of hydrogen-bond donors (Lipinski definition) is 0. The third-order valence-corrected chi connectivity index (χ3v) is 4.04. The largest absolute Gasteiger partial charge is 0.497 e. The lowest BCUT2D eigenvalue weighted by molar-refractivity contribution is 0.346. The average Bonchev–Trinajstić information content (AvgIpc) is 2.47. The van der Waals surface area contributed by atoms with Crippen LogP contribution < -0.4 is 9.47 Å². The maximum Gasteiger partial charge on any atom is 0.126 e. The van der Waals surface area contributed by atoms with Gasteiger partial charge in [-0.2, -0.15) is 0 Å². The zero-order chi connectivity index (χ0) is 13.9. The number of allylic oxidation sites excluding steroid dienone is 4. The molecule has 0 saturated carbocycles. The fourth-order valence-electron chi connectivity index (χ4n) is 2.76. The molecule has 2 heteroatoms. The highest BCUT2D eigenvalue weighted by atomic mass is 16.5. The Morgan fingerprint density at radius 3 is 2.42 bits per heavy atom. The Bertz CT molecular complexity index is 500. The van der Waals surface area contributed by atoms with Gasteiger partial charge in [0.05, 0.1) is 14.2 Å². The first-order valence-electron chi connectivity index (χ1n) is 6.71. The molecule has 1 aromatic carbocycles. The molecule has 1 aliphatic carbocycles. The van der Waals surface area contributed by atoms with Crippen LogP contribution >= 0.6 is 0 Å². The molecule has 0 heterocycles. The minimum Gasteiger partial charge on any atom is -0.497 e. The van der Waals surface area contributed by atoms with E-state index >= 15 is 0 Å². The van der Waals surface area contributed by atoms with E-state index in [4.69, 9.17) is 9.47 Å². The lowest BCUT2D eigenvalue weighted by Crippen LogP contribution is -2.31. The van der Waals surface area contributed by atoms with Crippen molar-refractivity contribution in [3.63, 3.8) is 0 Å². The molecule has 0 radical (unpaired) electrons. The minimum absolute atomic E-state index is 0.00631. The molecule has 0 fully saturated rings. The summed E-state index contributed by atoms with van der Waals surface area (Å²) in [6, 6.07) is 6.10. The molecule has 0 amide bonds. The Balaban J connectivity index is 2.54. The Morgan fingerprint density at radius 2 is 1.89 bits per heavy atom. The Hall–Kier alpha value is -1.70. The summed E-state index contributed by atoms with van der Waals surface area (Å²) in [7, 11) is 3.39. The lowest BCUT2D eigenvalue weighted by atomic mass is 9.67. The highest BCUT2D eigenvalue weighted by Gasteiger charge is 2.35. The van der Waals surface area contributed by atoms with Crippen molar-refractivity contribution < 1.29 is 9.47 Å². The molecule has 19 heavy (non-hydrogen) atoms. The molecule has 1 atom stereocenters. The van der Waals surface area contributed by atoms with Gasteiger partial charge in [-0.3, -0.25) is 0 Å². The zero-order valence-electron chi connectivity index (χ0n) is 12.1. The van der Waals surface area contributed by atoms with Gasteiger partial charge in [-0.1, -0.05) is 44.2 Å². The number of rotatable bonds is 4. The second-order valence-corrected chi connectivity index (χ2v) is 5.25. The topological polar surface area (TPSA) is 18.5 Å². The van der Waals surface area contributed by atoms with Gasteiger partial charge in [-0.05, 0) is 18.4 Å². The van der Waals surface area contributed by atoms with Crippen LogP contribution in [0.1, 0.15) is 25.8 Å². The van der Waals surface area contributed by atoms with E-state index in [0.717, 1.165) is 17.9 Å². The quantitative estimate of drug-likeness (QED) is 0.809. The van der Waals surface area contributed by atoms with Crippen LogP contribution in [0.4, 0.5) is 0 Å². The Morgan fingerprint density at radius 1 is 1.11 bits per heavy atom. The summed E-state index contributed by atoms with van der Waals surface area (Å²) in [5.41, 5.74) is 1.23. The van der Waals surface area contributed by atoms with E-state index in [1.807, 2.05) is 12.1 Å². The minimum atomic E-state index is 0.00631. The van der Waals surface area contributed by atoms with E-state index in [1.54, 1.807) is 14.2 Å². The van der Waals surface area contributed by atoms with E-state index in [-0.39, 0.29) is 5.41 Å². The van der Waals surface area contributed by atoms with E-state index < -0.39 is 0 Å². The lowest BCUT2D eigenvalue weighted by Gasteiger charge is -2.37. The van der Waals surface area contributed by atoms with E-state index in [1.165, 1.54) is 5.56 Å². The van der Waals surface area contributed by atoms with Crippen LogP contribution in [0.5, 0.6) is 11.5 Å². The average molecular weight is 258 g/mol. The van der Waals surface area contributed by atoms with Crippen LogP contribution in [-0.2, 0) is 5.41 Å². The maximum atomic E-state index is 5.58. The Labute approximate surface area is 115 Å². The molecule has 0 bridgehead atoms. The summed E-state index contributed by atoms with van der Waals surface area (Å²) in [6.45, 7) is 4.51. The molecule has 1 aliphatic rings. The van der Waals surface area contributed by atoms with Crippen LogP contribution in [0.2, 0.25) is 0 Å². The summed E-state index contributed by atoms with van der Waals surface area (Å²) in [6.07, 6.45) is 9.76. The number of ether oxygens (including phenoxy) is 2. The van der Waals surface area contributed by atoms with Gasteiger partial charge >= 0.3 is 0 Å². The van der Waals surface area contributed by atoms with Gasteiger partial charge in [0.15, 0.2) is 0 Å². The van der Waals surface area contributed by atoms with Gasteiger partial charge in [0, 0.05) is 17.0 Å². The smallest absolute Gasteiger partial charge is 0.126 e. The first-order valence-corrected chi connectivity index (χ1v) is 6.71. The molecule has 0 spiro atoms. The van der Waals surface area contributed by atoms with Gasteiger partial charge in [0.2, 0.25) is 0 Å². The number of benzene rings is 1. The van der Waals surface area contributed by atoms with Crippen molar-refractivity contribution in [2.75, 3.05) is 14.2 Å². The van der Waals surface area contributed by atoms with Crippen LogP contribution in [0.3, 0.4) is 0 Å². The van der Waals surface area contributed by atoms with Gasteiger partial charge in [0.25, 0.3) is 0 Å². The highest BCUT2D eigenvalue weighted by molar-refractivity contribution is 5.49. The number of hydrogen-bond acceptors (Lipinski definition) is 2. The van der Waals surface area contributed by atoms with Gasteiger partial charge < -0.3 is 9.47 Å². The first kappa shape index (κ1) is 13.7. The van der Waals surface area contributed by atoms with Crippen LogP contribution in [0.25, 0.3) is 0 Å². The van der Waals surface area contributed by atoms with Crippen molar-refractivity contribution in [1.82, 2.24) is 0 Å². The van der Waals surface area contributed by atoms with Crippen molar-refractivity contribution in [2.24, 2.45) is 5.92 Å². The van der Waals surface area contributed by atoms with Crippen molar-refractivity contribution in [3.8, 4) is 11.5 Å². The molecular weight excluding hydrogens is 236 g/mol. The predicted molar refractivity (Wildman–Crippen MR) is 79.0 cm³/mol. The van der Waals surface area contributed by atoms with Crippen molar-refractivity contribution in [3.05, 3.63) is 48.1 Å². The second kappa shape index (κ2) is 5.52. The molecular formula is C17H22O2. The molecule has 0 aliphatic heterocycles. The van der Waals surface area contributed by atoms with E-state index in [9.17, 15) is 0 Å². The summed E-state index contributed by atoms with van der Waals surface area (Å²) >= 11 is 0. The first-order chi connectivity index (χ1) is 9.14. The Kier molecular flexibility index (Phi) is 3.98. The van der Waals surface area contributed by atoms with Crippen LogP contribution in [0, 0.1) is 5.92 Å². The van der Waals surface area contributed by atoms with Crippen molar-refractivity contribution in [2.45, 2.75) is 25.7 Å². The highest BCUT2D eigenvalue weighted by Crippen LogP contribution is 2.44. The van der Waals surface area contributed by atoms with E-state index in [0.29, 0.717) is 5.92 Å². The fraction of sp³-hybridized carbons (Fsp3) is 0.412. The van der Waals surface area contributed by atoms with Crippen LogP contribution in [-0.4, -0.2) is 14.2 Å². The summed E-state index contributed by atoms with van der Waals surface area (Å²) in [5, 5.41) is 0. The monoisotopic (exact) mass is 258 g/mol. The SMILES string of the molecule is COc1ccc(C2(C(C)C)C=CC=CC2)c(OC)c1. The molecule has 1 aromatic rings. The van der Waals surface area contributed by atoms with E-state index in [2.05, 4.69) is 44.2 Å². The summed E-state index contributed by atoms with van der Waals surface area (Å²) in [5.74, 6) is 2.22. The molecule has 2 nitrogen and oxygen atoms in total. The molecule has 2 rings (SSSR count). The fourth-order valence-corrected chi connectivity index (χ4v) is 2.76.